The zero-order valence-corrected chi connectivity index (χ0v) is 7.07. The Balaban J connectivity index is 3.22. The first-order valence-electron chi connectivity index (χ1n) is 3.96. The van der Waals surface area contributed by atoms with Crippen molar-refractivity contribution in [3.63, 3.8) is 0 Å². The monoisotopic (exact) mass is 180 g/mol. The first-order chi connectivity index (χ1) is 5.66. The Morgan fingerprint density at radius 1 is 1.42 bits per heavy atom. The molecular formula is C7H14F2N2O. The molecule has 0 aliphatic rings. The summed E-state index contributed by atoms with van der Waals surface area (Å²) in [6.45, 7) is 1.93. The number of rotatable bonds is 5. The number of alkyl halides is 2. The Morgan fingerprint density at radius 3 is 2.58 bits per heavy atom. The first kappa shape index (κ1) is 11.1. The van der Waals surface area contributed by atoms with Crippen LogP contribution < -0.4 is 10.6 Å². The highest BCUT2D eigenvalue weighted by molar-refractivity contribution is 5.73. The maximum atomic E-state index is 11.5. The van der Waals surface area contributed by atoms with E-state index in [4.69, 9.17) is 0 Å². The van der Waals surface area contributed by atoms with Crippen LogP contribution in [0.15, 0.2) is 0 Å². The molecule has 0 saturated carbocycles. The minimum absolute atomic E-state index is 0.524. The van der Waals surface area contributed by atoms with Gasteiger partial charge in [0, 0.05) is 6.54 Å². The van der Waals surface area contributed by atoms with Crippen molar-refractivity contribution in [1.82, 2.24) is 10.6 Å². The Bertz CT molecular complexity index is 131. The third-order valence-corrected chi connectivity index (χ3v) is 1.23. The van der Waals surface area contributed by atoms with Gasteiger partial charge in [-0.3, -0.25) is 0 Å². The molecule has 0 unspecified atom stereocenters. The fourth-order valence-corrected chi connectivity index (χ4v) is 0.611. The summed E-state index contributed by atoms with van der Waals surface area (Å²) in [6, 6.07) is -0.524. The first-order valence-corrected chi connectivity index (χ1v) is 3.96. The van der Waals surface area contributed by atoms with E-state index >= 15 is 0 Å². The third kappa shape index (κ3) is 7.24. The number of halogens is 2. The van der Waals surface area contributed by atoms with Crippen LogP contribution in [-0.4, -0.2) is 25.5 Å². The van der Waals surface area contributed by atoms with E-state index in [0.717, 1.165) is 12.8 Å². The third-order valence-electron chi connectivity index (χ3n) is 1.23. The van der Waals surface area contributed by atoms with E-state index in [1.807, 2.05) is 12.2 Å². The Morgan fingerprint density at radius 2 is 2.08 bits per heavy atom. The number of amides is 2. The van der Waals surface area contributed by atoms with Gasteiger partial charge in [-0.15, -0.1) is 0 Å². The molecule has 0 aromatic carbocycles. The van der Waals surface area contributed by atoms with E-state index in [-0.39, 0.29) is 0 Å². The topological polar surface area (TPSA) is 41.1 Å². The van der Waals surface area contributed by atoms with E-state index < -0.39 is 19.0 Å². The lowest BCUT2D eigenvalue weighted by Gasteiger charge is -2.05. The molecule has 0 fully saturated rings. The van der Waals surface area contributed by atoms with Gasteiger partial charge in [0.15, 0.2) is 0 Å². The van der Waals surface area contributed by atoms with Crippen LogP contribution in [-0.2, 0) is 0 Å². The summed E-state index contributed by atoms with van der Waals surface area (Å²) in [6.07, 6.45) is -0.654. The molecule has 2 amide bonds. The number of urea groups is 1. The number of hydrogen-bond acceptors (Lipinski definition) is 1. The molecule has 5 heteroatoms. The highest BCUT2D eigenvalue weighted by Crippen LogP contribution is 1.87. The summed E-state index contributed by atoms with van der Waals surface area (Å²) in [5.41, 5.74) is 0. The van der Waals surface area contributed by atoms with Crippen molar-refractivity contribution in [2.75, 3.05) is 13.1 Å². The molecule has 12 heavy (non-hydrogen) atoms. The van der Waals surface area contributed by atoms with Gasteiger partial charge in [-0.05, 0) is 6.42 Å². The molecule has 2 N–H and O–H groups in total. The lowest BCUT2D eigenvalue weighted by Crippen LogP contribution is -2.38. The smallest absolute Gasteiger partial charge is 0.314 e. The molecule has 0 atom stereocenters. The molecule has 72 valence electrons. The molecule has 0 aliphatic carbocycles. The van der Waals surface area contributed by atoms with Crippen LogP contribution in [0.25, 0.3) is 0 Å². The Kier molecular flexibility index (Phi) is 6.32. The van der Waals surface area contributed by atoms with Crippen LogP contribution in [0.2, 0.25) is 0 Å². The summed E-state index contributed by atoms with van der Waals surface area (Å²) in [5, 5.41) is 4.50. The molecular weight excluding hydrogens is 166 g/mol. The summed E-state index contributed by atoms with van der Waals surface area (Å²) >= 11 is 0. The van der Waals surface area contributed by atoms with Gasteiger partial charge in [0.05, 0.1) is 6.54 Å². The normalized spacial score (nSPS) is 10.0. The molecule has 0 aromatic rings. The van der Waals surface area contributed by atoms with Crippen LogP contribution in [0.4, 0.5) is 13.6 Å². The quantitative estimate of drug-likeness (QED) is 0.616. The second-order valence-electron chi connectivity index (χ2n) is 2.38. The summed E-state index contributed by atoms with van der Waals surface area (Å²) in [7, 11) is 0. The number of nitrogens with one attached hydrogen (secondary N) is 2. The highest BCUT2D eigenvalue weighted by Gasteiger charge is 2.04. The second kappa shape index (κ2) is 6.82. The van der Waals surface area contributed by atoms with Crippen LogP contribution in [0, 0.1) is 0 Å². The SMILES string of the molecule is CCCCNC(=O)NCC(F)F. The van der Waals surface area contributed by atoms with Gasteiger partial charge in [0.1, 0.15) is 0 Å². The van der Waals surface area contributed by atoms with Crippen molar-refractivity contribution in [1.29, 1.82) is 0 Å². The van der Waals surface area contributed by atoms with Crippen molar-refractivity contribution >= 4 is 6.03 Å². The fraction of sp³-hybridized carbons (Fsp3) is 0.857. The van der Waals surface area contributed by atoms with E-state index in [1.165, 1.54) is 0 Å². The van der Waals surface area contributed by atoms with Gasteiger partial charge >= 0.3 is 6.03 Å². The van der Waals surface area contributed by atoms with E-state index in [9.17, 15) is 13.6 Å². The molecule has 0 radical (unpaired) electrons. The van der Waals surface area contributed by atoms with Crippen molar-refractivity contribution < 1.29 is 13.6 Å². The zero-order chi connectivity index (χ0) is 9.40. The predicted octanol–water partition coefficient (Wildman–Crippen LogP) is 1.35. The zero-order valence-electron chi connectivity index (χ0n) is 7.07. The fourth-order valence-electron chi connectivity index (χ4n) is 0.611. The Labute approximate surface area is 70.5 Å². The number of carbonyl (C=O) groups excluding carboxylic acids is 1. The molecule has 0 rings (SSSR count). The van der Waals surface area contributed by atoms with E-state index in [2.05, 4.69) is 5.32 Å². The molecule has 0 aromatic heterocycles. The molecule has 3 nitrogen and oxygen atoms in total. The van der Waals surface area contributed by atoms with Crippen molar-refractivity contribution in [3.8, 4) is 0 Å². The van der Waals surface area contributed by atoms with Gasteiger partial charge < -0.3 is 10.6 Å². The van der Waals surface area contributed by atoms with Crippen LogP contribution in [0.3, 0.4) is 0 Å². The molecule has 0 saturated heterocycles. The lowest BCUT2D eigenvalue weighted by molar-refractivity contribution is 0.146. The van der Waals surface area contributed by atoms with Crippen molar-refractivity contribution in [2.45, 2.75) is 26.2 Å². The van der Waals surface area contributed by atoms with Crippen LogP contribution >= 0.6 is 0 Å². The van der Waals surface area contributed by atoms with Crippen LogP contribution in [0.1, 0.15) is 19.8 Å². The summed E-state index contributed by atoms with van der Waals surface area (Å²) < 4.78 is 23.1. The highest BCUT2D eigenvalue weighted by atomic mass is 19.3. The molecule has 0 bridgehead atoms. The maximum absolute atomic E-state index is 11.5. The van der Waals surface area contributed by atoms with E-state index in [0.29, 0.717) is 6.54 Å². The van der Waals surface area contributed by atoms with Gasteiger partial charge in [-0.25, -0.2) is 13.6 Å². The Hall–Kier alpha value is -0.870. The van der Waals surface area contributed by atoms with Crippen LogP contribution in [0.5, 0.6) is 0 Å². The van der Waals surface area contributed by atoms with Gasteiger partial charge in [-0.2, -0.15) is 0 Å². The average molecular weight is 180 g/mol. The second-order valence-corrected chi connectivity index (χ2v) is 2.38. The van der Waals surface area contributed by atoms with Crippen molar-refractivity contribution in [2.24, 2.45) is 0 Å². The minimum Gasteiger partial charge on any atom is -0.338 e. The van der Waals surface area contributed by atoms with Gasteiger partial charge in [0.2, 0.25) is 0 Å². The summed E-state index contributed by atoms with van der Waals surface area (Å²) in [5.74, 6) is 0. The van der Waals surface area contributed by atoms with Gasteiger partial charge in [0.25, 0.3) is 6.43 Å². The maximum Gasteiger partial charge on any atom is 0.314 e. The number of unbranched alkanes of at least 4 members (excludes halogenated alkanes) is 1. The van der Waals surface area contributed by atoms with Gasteiger partial charge in [-0.1, -0.05) is 13.3 Å². The lowest BCUT2D eigenvalue weighted by atomic mass is 10.3. The largest absolute Gasteiger partial charge is 0.338 e. The molecule has 0 aliphatic heterocycles. The van der Waals surface area contributed by atoms with Crippen molar-refractivity contribution in [3.05, 3.63) is 0 Å². The standard InChI is InChI=1S/C7H14F2N2O/c1-2-3-4-10-7(12)11-5-6(8)9/h6H,2-5H2,1H3,(H2,10,11,12). The minimum atomic E-state index is -2.48. The van der Waals surface area contributed by atoms with E-state index in [1.54, 1.807) is 0 Å². The molecule has 0 spiro atoms. The average Bonchev–Trinajstić information content (AvgIpc) is 2.01. The number of hydrogen-bond donors (Lipinski definition) is 2. The predicted molar refractivity (Wildman–Crippen MR) is 42.3 cm³/mol. The molecule has 0 heterocycles. The summed E-state index contributed by atoms with van der Waals surface area (Å²) in [4.78, 5) is 10.7. The number of carbonyl (C=O) groups is 1.